The Bertz CT molecular complexity index is 1540. The number of amides is 1. The van der Waals surface area contributed by atoms with Crippen LogP contribution in [-0.2, 0) is 17.8 Å². The number of aromatic nitrogens is 3. The van der Waals surface area contributed by atoms with Gasteiger partial charge in [-0.1, -0.05) is 6.08 Å². The van der Waals surface area contributed by atoms with E-state index in [1.807, 2.05) is 6.20 Å². The second-order valence-corrected chi connectivity index (χ2v) is 11.9. The number of aliphatic hydroxyl groups is 1. The molecule has 1 amide bonds. The van der Waals surface area contributed by atoms with Gasteiger partial charge >= 0.3 is 6.01 Å². The number of hydrogen-bond donors (Lipinski definition) is 2. The van der Waals surface area contributed by atoms with Crippen molar-refractivity contribution >= 4 is 41.8 Å². The van der Waals surface area contributed by atoms with E-state index in [9.17, 15) is 13.6 Å². The molecule has 1 atom stereocenters. The lowest BCUT2D eigenvalue weighted by atomic mass is 9.99. The third-order valence-electron chi connectivity index (χ3n) is 8.98. The summed E-state index contributed by atoms with van der Waals surface area (Å²) in [6.45, 7) is 7.46. The number of aliphatic hydroxyl groups excluding tert-OH is 1. The largest absolute Gasteiger partial charge is 0.462 e. The number of aryl methyl sites for hydroxylation is 1. The van der Waals surface area contributed by atoms with Gasteiger partial charge < -0.3 is 29.5 Å². The maximum Gasteiger partial charge on any atom is 0.318 e. The minimum Gasteiger partial charge on any atom is -0.462 e. The van der Waals surface area contributed by atoms with Crippen molar-refractivity contribution < 1.29 is 23.4 Å². The van der Waals surface area contributed by atoms with E-state index in [0.29, 0.717) is 32.7 Å². The number of H-pyrrole nitrogens is 1. The SMILES string of the molecule is Cc1cc2[nH]ccc2c(N2CCc3c(nc(OC[C@@H]4CC(F)(F)CN4C)nc3N3CCN(C(=O)/C=C/CO)CC3)C2)c1C.S. The van der Waals surface area contributed by atoms with Gasteiger partial charge in [0.1, 0.15) is 12.4 Å². The van der Waals surface area contributed by atoms with Crippen LogP contribution in [0.25, 0.3) is 10.9 Å². The van der Waals surface area contributed by atoms with E-state index in [1.54, 1.807) is 16.8 Å². The predicted molar refractivity (Wildman–Crippen MR) is 171 cm³/mol. The molecule has 13 heteroatoms. The Kier molecular flexibility index (Phi) is 9.38. The van der Waals surface area contributed by atoms with Crippen LogP contribution in [0, 0.1) is 13.8 Å². The molecule has 0 aliphatic carbocycles. The number of nitrogens with one attached hydrogen (secondary N) is 1. The molecule has 44 heavy (non-hydrogen) atoms. The number of halogens is 2. The number of alkyl halides is 2. The van der Waals surface area contributed by atoms with Crippen LogP contribution in [0.5, 0.6) is 6.01 Å². The van der Waals surface area contributed by atoms with Gasteiger partial charge in [0.05, 0.1) is 25.4 Å². The third kappa shape index (κ3) is 6.36. The third-order valence-corrected chi connectivity index (χ3v) is 8.98. The molecule has 5 heterocycles. The van der Waals surface area contributed by atoms with Gasteiger partial charge in [-0.2, -0.15) is 23.5 Å². The Balaban J connectivity index is 0.00000384. The van der Waals surface area contributed by atoms with E-state index < -0.39 is 12.0 Å². The summed E-state index contributed by atoms with van der Waals surface area (Å²) in [6.07, 6.45) is 5.29. The zero-order valence-corrected chi connectivity index (χ0v) is 26.4. The molecular formula is C31H41F2N7O3S. The van der Waals surface area contributed by atoms with Crippen LogP contribution < -0.4 is 14.5 Å². The molecule has 10 nitrogen and oxygen atoms in total. The van der Waals surface area contributed by atoms with Crippen LogP contribution in [0.3, 0.4) is 0 Å². The van der Waals surface area contributed by atoms with E-state index in [1.165, 1.54) is 34.4 Å². The molecule has 0 bridgehead atoms. The number of hydrogen-bond acceptors (Lipinski definition) is 8. The highest BCUT2D eigenvalue weighted by atomic mass is 32.1. The van der Waals surface area contributed by atoms with Gasteiger partial charge in [0.15, 0.2) is 0 Å². The van der Waals surface area contributed by atoms with Crippen LogP contribution >= 0.6 is 13.5 Å². The fourth-order valence-electron chi connectivity index (χ4n) is 6.55. The molecule has 0 saturated carbocycles. The fraction of sp³-hybridized carbons (Fsp3) is 0.516. The van der Waals surface area contributed by atoms with Crippen molar-refractivity contribution in [2.24, 2.45) is 0 Å². The van der Waals surface area contributed by atoms with Crippen LogP contribution in [0.1, 0.15) is 28.8 Å². The summed E-state index contributed by atoms with van der Waals surface area (Å²) >= 11 is 0. The van der Waals surface area contributed by atoms with Gasteiger partial charge in [0.2, 0.25) is 5.91 Å². The minimum absolute atomic E-state index is 0. The lowest BCUT2D eigenvalue weighted by Crippen LogP contribution is -2.49. The monoisotopic (exact) mass is 629 g/mol. The van der Waals surface area contributed by atoms with Crippen LogP contribution in [0.2, 0.25) is 0 Å². The maximum absolute atomic E-state index is 14.0. The molecule has 1 aromatic carbocycles. The van der Waals surface area contributed by atoms with Crippen molar-refractivity contribution in [1.82, 2.24) is 24.8 Å². The molecule has 0 spiro atoms. The van der Waals surface area contributed by atoms with Crippen molar-refractivity contribution in [3.63, 3.8) is 0 Å². The van der Waals surface area contributed by atoms with Gasteiger partial charge in [0.25, 0.3) is 5.92 Å². The van der Waals surface area contributed by atoms with Crippen molar-refractivity contribution in [2.45, 2.75) is 45.2 Å². The molecule has 2 N–H and O–H groups in total. The normalized spacial score (nSPS) is 20.3. The number of anilines is 2. The molecule has 2 saturated heterocycles. The number of carbonyl (C=O) groups is 1. The number of aromatic amines is 1. The lowest BCUT2D eigenvalue weighted by molar-refractivity contribution is -0.126. The lowest BCUT2D eigenvalue weighted by Gasteiger charge is -2.38. The average molecular weight is 630 g/mol. The number of likely N-dealkylation sites (tertiary alicyclic amines) is 1. The Labute approximate surface area is 263 Å². The van der Waals surface area contributed by atoms with Crippen LogP contribution in [0.15, 0.2) is 30.5 Å². The number of fused-ring (bicyclic) bond motifs is 2. The Morgan fingerprint density at radius 2 is 1.95 bits per heavy atom. The first kappa shape index (κ1) is 32.0. The first-order valence-corrected chi connectivity index (χ1v) is 14.9. The molecule has 0 radical (unpaired) electrons. The quantitative estimate of drug-likeness (QED) is 0.385. The Morgan fingerprint density at radius 1 is 1.18 bits per heavy atom. The number of likely N-dealkylation sites (N-methyl/N-ethyl adjacent to an activating group) is 1. The fourth-order valence-corrected chi connectivity index (χ4v) is 6.55. The number of carbonyl (C=O) groups excluding carboxylic acids is 1. The van der Waals surface area contributed by atoms with Crippen molar-refractivity contribution in [3.8, 4) is 6.01 Å². The first-order chi connectivity index (χ1) is 20.6. The summed E-state index contributed by atoms with van der Waals surface area (Å²) in [5, 5.41) is 10.2. The van der Waals surface area contributed by atoms with Gasteiger partial charge in [-0.15, -0.1) is 0 Å². The number of benzene rings is 1. The topological polar surface area (TPSA) is 101 Å². The summed E-state index contributed by atoms with van der Waals surface area (Å²) in [6, 6.07) is 4.05. The summed E-state index contributed by atoms with van der Waals surface area (Å²) in [4.78, 5) is 33.4. The summed E-state index contributed by atoms with van der Waals surface area (Å²) in [7, 11) is 1.69. The van der Waals surface area contributed by atoms with E-state index in [4.69, 9.17) is 19.8 Å². The molecule has 0 unspecified atom stereocenters. The van der Waals surface area contributed by atoms with E-state index >= 15 is 0 Å². The zero-order chi connectivity index (χ0) is 30.3. The van der Waals surface area contributed by atoms with Gasteiger partial charge in [-0.05, 0) is 50.6 Å². The number of ether oxygens (including phenoxy) is 1. The van der Waals surface area contributed by atoms with Gasteiger partial charge in [-0.3, -0.25) is 9.69 Å². The molecule has 3 aromatic rings. The molecule has 2 aromatic heterocycles. The number of rotatable bonds is 7. The summed E-state index contributed by atoms with van der Waals surface area (Å²) in [5.74, 6) is -2.07. The molecule has 3 aliphatic rings. The minimum atomic E-state index is -2.73. The molecular weight excluding hydrogens is 588 g/mol. The first-order valence-electron chi connectivity index (χ1n) is 14.9. The molecule has 3 aliphatic heterocycles. The summed E-state index contributed by atoms with van der Waals surface area (Å²) < 4.78 is 34.1. The van der Waals surface area contributed by atoms with Gasteiger partial charge in [-0.25, -0.2) is 8.78 Å². The van der Waals surface area contributed by atoms with E-state index in [-0.39, 0.29) is 51.6 Å². The van der Waals surface area contributed by atoms with E-state index in [2.05, 4.69) is 40.8 Å². The van der Waals surface area contributed by atoms with Crippen molar-refractivity contribution in [1.29, 1.82) is 0 Å². The Hall–Kier alpha value is -3.42. The van der Waals surface area contributed by atoms with Crippen LogP contribution in [-0.4, -0.2) is 107 Å². The smallest absolute Gasteiger partial charge is 0.318 e. The molecule has 238 valence electrons. The van der Waals surface area contributed by atoms with Crippen LogP contribution in [0.4, 0.5) is 20.3 Å². The van der Waals surface area contributed by atoms with Crippen molar-refractivity contribution in [2.75, 3.05) is 69.3 Å². The average Bonchev–Trinajstić information content (AvgIpc) is 3.56. The molecule has 6 rings (SSSR count). The standard InChI is InChI=1S/C31H39F2N7O3.H2S/c1-20-15-25-23(6-8-34-25)28(21(20)2)40-9-7-24-26(17-40)35-30(43-18-22-16-31(32,33)19-37(22)3)36-29(24)39-12-10-38(11-13-39)27(42)5-4-14-41;/h4-6,8,15,22,34,41H,7,9-14,16-19H2,1-3H3;1H2/b5-4+;/t22-;/m0./s1. The van der Waals surface area contributed by atoms with Gasteiger partial charge in [0, 0.05) is 79.6 Å². The second-order valence-electron chi connectivity index (χ2n) is 11.9. The highest BCUT2D eigenvalue weighted by Crippen LogP contribution is 2.38. The van der Waals surface area contributed by atoms with Crippen molar-refractivity contribution in [3.05, 3.63) is 52.9 Å². The second kappa shape index (κ2) is 12.9. The highest BCUT2D eigenvalue weighted by Gasteiger charge is 2.43. The highest BCUT2D eigenvalue weighted by molar-refractivity contribution is 7.59. The number of nitrogens with zero attached hydrogens (tertiary/aromatic N) is 6. The van der Waals surface area contributed by atoms with E-state index in [0.717, 1.165) is 35.6 Å². The maximum atomic E-state index is 14.0. The zero-order valence-electron chi connectivity index (χ0n) is 25.4. The molecule has 2 fully saturated rings. The summed E-state index contributed by atoms with van der Waals surface area (Å²) in [5.41, 5.74) is 6.64. The predicted octanol–water partition coefficient (Wildman–Crippen LogP) is 3.17. The number of piperazine rings is 1. The Morgan fingerprint density at radius 3 is 2.66 bits per heavy atom.